The average molecular weight is 526 g/mol. The Morgan fingerprint density at radius 1 is 1.00 bits per heavy atom. The Labute approximate surface area is 226 Å². The smallest absolute Gasteiger partial charge is 0.204 e. The van der Waals surface area contributed by atoms with Gasteiger partial charge in [0.2, 0.25) is 5.75 Å². The fourth-order valence-corrected chi connectivity index (χ4v) is 5.98. The van der Waals surface area contributed by atoms with Gasteiger partial charge in [0.15, 0.2) is 17.3 Å². The first-order chi connectivity index (χ1) is 18.9. The number of rotatable bonds is 6. The number of benzene rings is 3. The summed E-state index contributed by atoms with van der Waals surface area (Å²) in [7, 11) is 1.35. The summed E-state index contributed by atoms with van der Waals surface area (Å²) in [5, 5.41) is 31.7. The van der Waals surface area contributed by atoms with Crippen molar-refractivity contribution in [3.63, 3.8) is 0 Å². The van der Waals surface area contributed by atoms with Gasteiger partial charge in [-0.1, -0.05) is 37.3 Å². The molecule has 0 bridgehead atoms. The Kier molecular flexibility index (Phi) is 6.22. The van der Waals surface area contributed by atoms with Crippen molar-refractivity contribution in [2.45, 2.75) is 51.6 Å². The second kappa shape index (κ2) is 9.73. The standard InChI is InChI=1S/C32H31NO6/c1-3-19-15-24-22-6-4-5-17(21(22)13-14-25(24)33-19)9-12-23-29(36)32(38-2)30(37)28-26(35)16-27(39-31(23)28)18-7-10-20(34)11-8-18/h4-8,10-11,15,27,33-34,36-37H,3,9,12-14,16H2,1-2H3. The molecule has 0 radical (unpaired) electrons. The lowest BCUT2D eigenvalue weighted by Crippen LogP contribution is -2.22. The Bertz CT molecular complexity index is 1580. The van der Waals surface area contributed by atoms with Gasteiger partial charge in [-0.25, -0.2) is 0 Å². The van der Waals surface area contributed by atoms with Crippen LogP contribution in [0.5, 0.6) is 28.7 Å². The molecule has 3 aromatic carbocycles. The van der Waals surface area contributed by atoms with Gasteiger partial charge in [-0.15, -0.1) is 0 Å². The molecule has 2 aliphatic rings. The Morgan fingerprint density at radius 3 is 2.54 bits per heavy atom. The molecule has 0 saturated carbocycles. The summed E-state index contributed by atoms with van der Waals surface area (Å²) in [6, 6.07) is 15.1. The molecular formula is C32H31NO6. The summed E-state index contributed by atoms with van der Waals surface area (Å²) in [6.07, 6.45) is 3.22. The third kappa shape index (κ3) is 4.18. The monoisotopic (exact) mass is 525 g/mol. The normalized spacial score (nSPS) is 15.7. The van der Waals surface area contributed by atoms with Crippen molar-refractivity contribution in [2.75, 3.05) is 7.11 Å². The maximum absolute atomic E-state index is 13.3. The zero-order chi connectivity index (χ0) is 27.3. The number of ketones is 1. The van der Waals surface area contributed by atoms with Crippen LogP contribution in [0.25, 0.3) is 11.1 Å². The van der Waals surface area contributed by atoms with E-state index in [1.807, 2.05) is 0 Å². The van der Waals surface area contributed by atoms with Crippen molar-refractivity contribution < 1.29 is 29.6 Å². The zero-order valence-electron chi connectivity index (χ0n) is 22.0. The summed E-state index contributed by atoms with van der Waals surface area (Å²) in [5.74, 6) is -0.751. The third-order valence-electron chi connectivity index (χ3n) is 8.00. The summed E-state index contributed by atoms with van der Waals surface area (Å²) in [4.78, 5) is 16.8. The molecule has 200 valence electrons. The van der Waals surface area contributed by atoms with Crippen molar-refractivity contribution in [3.8, 4) is 39.9 Å². The number of aromatic nitrogens is 1. The number of hydrogen-bond donors (Lipinski definition) is 4. The molecule has 7 heteroatoms. The quantitative estimate of drug-likeness (QED) is 0.247. The highest BCUT2D eigenvalue weighted by Gasteiger charge is 2.36. The summed E-state index contributed by atoms with van der Waals surface area (Å²) < 4.78 is 11.6. The minimum Gasteiger partial charge on any atom is -0.508 e. The first-order valence-corrected chi connectivity index (χ1v) is 13.3. The van der Waals surface area contributed by atoms with Crippen LogP contribution in [0.4, 0.5) is 0 Å². The first-order valence-electron chi connectivity index (χ1n) is 13.3. The van der Waals surface area contributed by atoms with Crippen molar-refractivity contribution in [1.82, 2.24) is 4.98 Å². The van der Waals surface area contributed by atoms with Crippen LogP contribution in [0, 0.1) is 0 Å². The molecule has 0 saturated heterocycles. The van der Waals surface area contributed by atoms with Crippen LogP contribution in [-0.4, -0.2) is 33.2 Å². The molecule has 1 aromatic heterocycles. The van der Waals surface area contributed by atoms with E-state index in [0.29, 0.717) is 18.4 Å². The van der Waals surface area contributed by atoms with E-state index in [1.54, 1.807) is 24.3 Å². The van der Waals surface area contributed by atoms with E-state index >= 15 is 0 Å². The lowest BCUT2D eigenvalue weighted by Gasteiger charge is -2.29. The van der Waals surface area contributed by atoms with E-state index in [9.17, 15) is 20.1 Å². The summed E-state index contributed by atoms with van der Waals surface area (Å²) >= 11 is 0. The zero-order valence-corrected chi connectivity index (χ0v) is 22.0. The number of aromatic hydroxyl groups is 3. The highest BCUT2D eigenvalue weighted by Crippen LogP contribution is 2.52. The van der Waals surface area contributed by atoms with Gasteiger partial charge in [-0.2, -0.15) is 0 Å². The number of hydrogen-bond acceptors (Lipinski definition) is 6. The van der Waals surface area contributed by atoms with Gasteiger partial charge in [0.25, 0.3) is 0 Å². The van der Waals surface area contributed by atoms with Crippen LogP contribution in [0.2, 0.25) is 0 Å². The second-order valence-corrected chi connectivity index (χ2v) is 10.2. The van der Waals surface area contributed by atoms with Gasteiger partial charge in [0, 0.05) is 22.5 Å². The van der Waals surface area contributed by atoms with Gasteiger partial charge < -0.3 is 29.8 Å². The topological polar surface area (TPSA) is 112 Å². The molecule has 1 aliphatic heterocycles. The molecule has 1 atom stereocenters. The molecule has 2 heterocycles. The van der Waals surface area contributed by atoms with Crippen molar-refractivity contribution in [2.24, 2.45) is 0 Å². The molecule has 1 aliphatic carbocycles. The molecule has 1 unspecified atom stereocenters. The molecule has 6 rings (SSSR count). The maximum Gasteiger partial charge on any atom is 0.204 e. The van der Waals surface area contributed by atoms with Gasteiger partial charge in [-0.3, -0.25) is 4.79 Å². The Balaban J connectivity index is 1.38. The van der Waals surface area contributed by atoms with E-state index in [4.69, 9.17) is 9.47 Å². The molecular weight excluding hydrogens is 494 g/mol. The number of fused-ring (bicyclic) bond motifs is 4. The van der Waals surface area contributed by atoms with Crippen molar-refractivity contribution in [3.05, 3.63) is 87.7 Å². The summed E-state index contributed by atoms with van der Waals surface area (Å²) in [5.41, 5.74) is 8.66. The number of carbonyl (C=O) groups is 1. The molecule has 39 heavy (non-hydrogen) atoms. The number of carbonyl (C=O) groups excluding carboxylic acids is 1. The first kappa shape index (κ1) is 24.9. The number of ether oxygens (including phenoxy) is 2. The fourth-order valence-electron chi connectivity index (χ4n) is 5.98. The third-order valence-corrected chi connectivity index (χ3v) is 8.00. The minimum absolute atomic E-state index is 0.0175. The summed E-state index contributed by atoms with van der Waals surface area (Å²) in [6.45, 7) is 2.15. The van der Waals surface area contributed by atoms with E-state index in [-0.39, 0.29) is 40.8 Å². The number of phenols is 3. The molecule has 4 N–H and O–H groups in total. The fraction of sp³-hybridized carbons (Fsp3) is 0.281. The number of aryl methyl sites for hydroxylation is 3. The predicted molar refractivity (Wildman–Crippen MR) is 147 cm³/mol. The van der Waals surface area contributed by atoms with Gasteiger partial charge >= 0.3 is 0 Å². The highest BCUT2D eigenvalue weighted by atomic mass is 16.5. The van der Waals surface area contributed by atoms with Crippen LogP contribution in [0.15, 0.2) is 48.5 Å². The number of nitrogens with one attached hydrogen (secondary N) is 1. The minimum atomic E-state index is -0.610. The largest absolute Gasteiger partial charge is 0.508 e. The van der Waals surface area contributed by atoms with Crippen LogP contribution in [0.1, 0.15) is 63.4 Å². The Hall–Kier alpha value is -4.39. The molecule has 0 amide bonds. The average Bonchev–Trinajstić information content (AvgIpc) is 3.37. The number of Topliss-reactive ketones (excluding diaryl/α,β-unsaturated/α-hetero) is 1. The van der Waals surface area contributed by atoms with E-state index in [1.165, 1.54) is 40.8 Å². The predicted octanol–water partition coefficient (Wildman–Crippen LogP) is 5.96. The lowest BCUT2D eigenvalue weighted by atomic mass is 9.84. The van der Waals surface area contributed by atoms with Gasteiger partial charge in [-0.05, 0) is 72.6 Å². The Morgan fingerprint density at radius 2 is 1.79 bits per heavy atom. The van der Waals surface area contributed by atoms with E-state index < -0.39 is 11.9 Å². The number of methoxy groups -OCH3 is 1. The maximum atomic E-state index is 13.3. The second-order valence-electron chi connectivity index (χ2n) is 10.2. The highest BCUT2D eigenvalue weighted by molar-refractivity contribution is 6.04. The van der Waals surface area contributed by atoms with Crippen molar-refractivity contribution >= 4 is 5.78 Å². The lowest BCUT2D eigenvalue weighted by molar-refractivity contribution is 0.0840. The molecule has 7 nitrogen and oxygen atoms in total. The van der Waals surface area contributed by atoms with Crippen LogP contribution in [0.3, 0.4) is 0 Å². The van der Waals surface area contributed by atoms with E-state index in [0.717, 1.165) is 24.8 Å². The number of aromatic amines is 1. The SMILES string of the molecule is CCc1cc2c([nH]1)CCc1c(CCc3c(O)c(OC)c(O)c4c3OC(c3ccc(O)cc3)CC4=O)cccc1-2. The molecule has 0 fully saturated rings. The van der Waals surface area contributed by atoms with Gasteiger partial charge in [0.1, 0.15) is 23.2 Å². The van der Waals surface area contributed by atoms with Crippen LogP contribution >= 0.6 is 0 Å². The number of H-pyrrole nitrogens is 1. The molecule has 4 aromatic rings. The van der Waals surface area contributed by atoms with E-state index in [2.05, 4.69) is 36.2 Å². The van der Waals surface area contributed by atoms with Crippen LogP contribution < -0.4 is 9.47 Å². The van der Waals surface area contributed by atoms with Crippen LogP contribution in [-0.2, 0) is 32.1 Å². The molecule has 0 spiro atoms. The van der Waals surface area contributed by atoms with Crippen molar-refractivity contribution in [1.29, 1.82) is 0 Å². The number of phenolic OH excluding ortho intramolecular Hbond substituents is 3. The van der Waals surface area contributed by atoms with Gasteiger partial charge in [0.05, 0.1) is 13.5 Å².